The largest absolute Gasteiger partial charge is 0.508 e. The summed E-state index contributed by atoms with van der Waals surface area (Å²) >= 11 is 0. The van der Waals surface area contributed by atoms with E-state index in [1.165, 1.54) is 36.8 Å². The molecule has 0 aliphatic carbocycles. The van der Waals surface area contributed by atoms with Crippen molar-refractivity contribution in [2.24, 2.45) is 0 Å². The lowest BCUT2D eigenvalue weighted by atomic mass is 10.1. The summed E-state index contributed by atoms with van der Waals surface area (Å²) in [5, 5.41) is 11.9. The molecule has 1 atom stereocenters. The van der Waals surface area contributed by atoms with Gasteiger partial charge in [-0.2, -0.15) is 0 Å². The van der Waals surface area contributed by atoms with Crippen LogP contribution < -0.4 is 5.32 Å². The van der Waals surface area contributed by atoms with Crippen LogP contribution in [0.25, 0.3) is 0 Å². The standard InChI is InChI=1S/C18H19NO4/c1-3-13-4-8-15(9-5-13)19-17(21)12(2)23-18(22)14-6-10-16(20)11-7-14/h4-12,20H,3H2,1-2H3,(H,19,21)/t12-/m1/s1. The third-order valence-corrected chi connectivity index (χ3v) is 3.39. The molecule has 1 amide bonds. The zero-order valence-corrected chi connectivity index (χ0v) is 13.1. The molecule has 0 fully saturated rings. The number of rotatable bonds is 5. The Labute approximate surface area is 134 Å². The normalized spacial score (nSPS) is 11.6. The summed E-state index contributed by atoms with van der Waals surface area (Å²) in [4.78, 5) is 24.0. The van der Waals surface area contributed by atoms with Crippen molar-refractivity contribution in [3.63, 3.8) is 0 Å². The first-order valence-corrected chi connectivity index (χ1v) is 7.39. The number of hydrogen-bond acceptors (Lipinski definition) is 4. The highest BCUT2D eigenvalue weighted by atomic mass is 16.5. The second-order valence-corrected chi connectivity index (χ2v) is 5.13. The lowest BCUT2D eigenvalue weighted by molar-refractivity contribution is -0.123. The van der Waals surface area contributed by atoms with Gasteiger partial charge in [-0.3, -0.25) is 4.79 Å². The highest BCUT2D eigenvalue weighted by Gasteiger charge is 2.19. The van der Waals surface area contributed by atoms with Gasteiger partial charge in [0.2, 0.25) is 0 Å². The number of benzene rings is 2. The van der Waals surface area contributed by atoms with Crippen molar-refractivity contribution in [3.8, 4) is 5.75 Å². The molecule has 0 radical (unpaired) electrons. The van der Waals surface area contributed by atoms with Gasteiger partial charge < -0.3 is 15.2 Å². The summed E-state index contributed by atoms with van der Waals surface area (Å²) < 4.78 is 5.12. The van der Waals surface area contributed by atoms with Crippen LogP contribution in [0.15, 0.2) is 48.5 Å². The van der Waals surface area contributed by atoms with Gasteiger partial charge >= 0.3 is 5.97 Å². The van der Waals surface area contributed by atoms with Gasteiger partial charge in [-0.25, -0.2) is 4.79 Å². The number of aryl methyl sites for hydroxylation is 1. The molecule has 2 aromatic carbocycles. The molecule has 0 unspecified atom stereocenters. The maximum Gasteiger partial charge on any atom is 0.338 e. The van der Waals surface area contributed by atoms with Crippen LogP contribution in [0, 0.1) is 0 Å². The topological polar surface area (TPSA) is 75.6 Å². The SMILES string of the molecule is CCc1ccc(NC(=O)[C@@H](C)OC(=O)c2ccc(O)cc2)cc1. The van der Waals surface area contributed by atoms with E-state index in [0.29, 0.717) is 5.69 Å². The van der Waals surface area contributed by atoms with Gasteiger partial charge in [-0.05, 0) is 55.3 Å². The molecule has 0 saturated carbocycles. The number of esters is 1. The van der Waals surface area contributed by atoms with E-state index in [1.807, 2.05) is 24.3 Å². The van der Waals surface area contributed by atoms with Gasteiger partial charge in [0.25, 0.3) is 5.91 Å². The van der Waals surface area contributed by atoms with E-state index in [9.17, 15) is 14.7 Å². The average molecular weight is 313 g/mol. The van der Waals surface area contributed by atoms with E-state index < -0.39 is 18.0 Å². The van der Waals surface area contributed by atoms with E-state index in [1.54, 1.807) is 0 Å². The van der Waals surface area contributed by atoms with E-state index in [0.717, 1.165) is 6.42 Å². The first-order valence-electron chi connectivity index (χ1n) is 7.39. The number of phenolic OH excluding ortho intramolecular Hbond substituents is 1. The molecule has 0 aliphatic heterocycles. The van der Waals surface area contributed by atoms with Gasteiger partial charge in [-0.1, -0.05) is 19.1 Å². The van der Waals surface area contributed by atoms with Crippen LogP contribution in [0.3, 0.4) is 0 Å². The second kappa shape index (κ2) is 7.45. The van der Waals surface area contributed by atoms with Crippen molar-refractivity contribution < 1.29 is 19.4 Å². The number of ether oxygens (including phenoxy) is 1. The lowest BCUT2D eigenvalue weighted by Crippen LogP contribution is -2.30. The fraction of sp³-hybridized carbons (Fsp3) is 0.222. The number of nitrogens with one attached hydrogen (secondary N) is 1. The van der Waals surface area contributed by atoms with Crippen molar-refractivity contribution in [1.82, 2.24) is 0 Å². The number of amides is 1. The summed E-state index contributed by atoms with van der Waals surface area (Å²) in [6, 6.07) is 13.1. The summed E-state index contributed by atoms with van der Waals surface area (Å²) in [5.74, 6) is -0.960. The molecule has 5 heteroatoms. The average Bonchev–Trinajstić information content (AvgIpc) is 2.56. The molecular formula is C18H19NO4. The van der Waals surface area contributed by atoms with E-state index in [4.69, 9.17) is 4.74 Å². The summed E-state index contributed by atoms with van der Waals surface area (Å²) in [5.41, 5.74) is 2.10. The minimum atomic E-state index is -0.929. The molecule has 0 spiro atoms. The van der Waals surface area contributed by atoms with Gasteiger partial charge in [0.1, 0.15) is 5.75 Å². The second-order valence-electron chi connectivity index (χ2n) is 5.13. The van der Waals surface area contributed by atoms with Crippen LogP contribution in [0.5, 0.6) is 5.75 Å². The molecule has 0 saturated heterocycles. The first-order chi connectivity index (χ1) is 11.0. The Morgan fingerprint density at radius 2 is 1.70 bits per heavy atom. The third-order valence-electron chi connectivity index (χ3n) is 3.39. The number of hydrogen-bond donors (Lipinski definition) is 2. The van der Waals surface area contributed by atoms with Crippen LogP contribution >= 0.6 is 0 Å². The molecule has 2 N–H and O–H groups in total. The molecule has 0 bridgehead atoms. The fourth-order valence-corrected chi connectivity index (χ4v) is 1.95. The van der Waals surface area contributed by atoms with E-state index in [2.05, 4.69) is 12.2 Å². The smallest absolute Gasteiger partial charge is 0.338 e. The highest BCUT2D eigenvalue weighted by Crippen LogP contribution is 2.13. The number of anilines is 1. The predicted molar refractivity (Wildman–Crippen MR) is 87.4 cm³/mol. The van der Waals surface area contributed by atoms with Gasteiger partial charge in [-0.15, -0.1) is 0 Å². The molecule has 23 heavy (non-hydrogen) atoms. The lowest BCUT2D eigenvalue weighted by Gasteiger charge is -2.13. The first kappa shape index (κ1) is 16.5. The summed E-state index contributed by atoms with van der Waals surface area (Å²) in [6.07, 6.45) is -0.00309. The third kappa shape index (κ3) is 4.57. The quantitative estimate of drug-likeness (QED) is 0.832. The Hall–Kier alpha value is -2.82. The van der Waals surface area contributed by atoms with Crippen LogP contribution in [0.2, 0.25) is 0 Å². The number of carbonyl (C=O) groups is 2. The molecule has 2 rings (SSSR count). The van der Waals surface area contributed by atoms with Crippen LogP contribution in [0.1, 0.15) is 29.8 Å². The molecule has 5 nitrogen and oxygen atoms in total. The number of aromatic hydroxyl groups is 1. The number of phenols is 1. The fourth-order valence-electron chi connectivity index (χ4n) is 1.95. The van der Waals surface area contributed by atoms with Crippen molar-refractivity contribution in [3.05, 3.63) is 59.7 Å². The molecule has 2 aromatic rings. The van der Waals surface area contributed by atoms with Crippen molar-refractivity contribution >= 4 is 17.6 Å². The molecule has 120 valence electrons. The van der Waals surface area contributed by atoms with Crippen molar-refractivity contribution in [2.75, 3.05) is 5.32 Å². The molecule has 0 aliphatic rings. The summed E-state index contributed by atoms with van der Waals surface area (Å²) in [7, 11) is 0. The Morgan fingerprint density at radius 1 is 1.09 bits per heavy atom. The van der Waals surface area contributed by atoms with Crippen molar-refractivity contribution in [1.29, 1.82) is 0 Å². The molecular weight excluding hydrogens is 294 g/mol. The van der Waals surface area contributed by atoms with Crippen LogP contribution in [-0.2, 0) is 16.0 Å². The number of carbonyl (C=O) groups excluding carboxylic acids is 2. The molecule has 0 aromatic heterocycles. The minimum Gasteiger partial charge on any atom is -0.508 e. The maximum absolute atomic E-state index is 12.1. The van der Waals surface area contributed by atoms with Crippen LogP contribution in [0.4, 0.5) is 5.69 Å². The zero-order chi connectivity index (χ0) is 16.8. The van der Waals surface area contributed by atoms with Gasteiger partial charge in [0.05, 0.1) is 5.56 Å². The van der Waals surface area contributed by atoms with Crippen molar-refractivity contribution in [2.45, 2.75) is 26.4 Å². The highest BCUT2D eigenvalue weighted by molar-refractivity contribution is 5.97. The Bertz CT molecular complexity index is 677. The molecule has 0 heterocycles. The Morgan fingerprint density at radius 3 is 2.26 bits per heavy atom. The maximum atomic E-state index is 12.1. The monoisotopic (exact) mass is 313 g/mol. The summed E-state index contributed by atoms with van der Waals surface area (Å²) in [6.45, 7) is 3.56. The van der Waals surface area contributed by atoms with Gasteiger partial charge in [0, 0.05) is 5.69 Å². The van der Waals surface area contributed by atoms with Crippen LogP contribution in [-0.4, -0.2) is 23.1 Å². The predicted octanol–water partition coefficient (Wildman–Crippen LogP) is 3.14. The van der Waals surface area contributed by atoms with Gasteiger partial charge in [0.15, 0.2) is 6.10 Å². The Kier molecular flexibility index (Phi) is 5.36. The van der Waals surface area contributed by atoms with E-state index in [-0.39, 0.29) is 11.3 Å². The Balaban J connectivity index is 1.93. The zero-order valence-electron chi connectivity index (χ0n) is 13.1. The van der Waals surface area contributed by atoms with E-state index >= 15 is 0 Å². The minimum absolute atomic E-state index is 0.0582.